The number of rotatable bonds is 10. The SMILES string of the molecule is O.O.O=C(O)CC(O)(CC(=O)O)C(=O)O.O=C(O)CC(O)(CC(=O)O)C(=O)O.[H-].[H-].[H-].[Na+].[Na+].[Na+]. The summed E-state index contributed by atoms with van der Waals surface area (Å²) in [6, 6.07) is 0. The summed E-state index contributed by atoms with van der Waals surface area (Å²) < 4.78 is 0. The van der Waals surface area contributed by atoms with Gasteiger partial charge >= 0.3 is 124 Å². The van der Waals surface area contributed by atoms with Crippen molar-refractivity contribution in [2.24, 2.45) is 0 Å². The molecule has 0 aliphatic rings. The second kappa shape index (κ2) is 21.5. The molecule has 0 atom stereocenters. The zero-order valence-corrected chi connectivity index (χ0v) is 22.9. The first-order chi connectivity index (χ1) is 11.6. The summed E-state index contributed by atoms with van der Waals surface area (Å²) in [5, 5.41) is 67.6. The molecule has 0 aromatic carbocycles. The van der Waals surface area contributed by atoms with E-state index in [0.717, 1.165) is 0 Å². The molecule has 0 fully saturated rings. The molecule has 0 aromatic heterocycles. The molecule has 0 aliphatic carbocycles. The molecule has 0 rings (SSSR count). The van der Waals surface area contributed by atoms with Gasteiger partial charge in [-0.25, -0.2) is 9.59 Å². The van der Waals surface area contributed by atoms with Crippen LogP contribution in [0, 0.1) is 0 Å². The van der Waals surface area contributed by atoms with E-state index < -0.39 is 72.7 Å². The monoisotopic (exact) mass is 492 g/mol. The third kappa shape index (κ3) is 22.6. The summed E-state index contributed by atoms with van der Waals surface area (Å²) in [5.41, 5.74) is -5.48. The van der Waals surface area contributed by atoms with E-state index >= 15 is 0 Å². The average Bonchev–Trinajstić information content (AvgIpc) is 2.34. The maximum absolute atomic E-state index is 10.3. The fourth-order valence-electron chi connectivity index (χ4n) is 1.43. The molecule has 0 bridgehead atoms. The minimum Gasteiger partial charge on any atom is -1.00 e. The Hall–Kier alpha value is -0.340. The van der Waals surface area contributed by atoms with Gasteiger partial charge in [0.05, 0.1) is 25.7 Å². The van der Waals surface area contributed by atoms with Gasteiger partial charge in [-0.3, -0.25) is 19.2 Å². The van der Waals surface area contributed by atoms with Gasteiger partial charge in [0, 0.05) is 0 Å². The molecule has 170 valence electrons. The Kier molecular flexibility index (Phi) is 33.4. The normalized spacial score (nSPS) is 9.10. The first-order valence-electron chi connectivity index (χ1n) is 6.34. The van der Waals surface area contributed by atoms with Crippen LogP contribution in [0.5, 0.6) is 0 Å². The minimum absolute atomic E-state index is 0. The third-order valence-electron chi connectivity index (χ3n) is 2.57. The van der Waals surface area contributed by atoms with Crippen molar-refractivity contribution in [1.82, 2.24) is 0 Å². The number of carboxylic acids is 6. The summed E-state index contributed by atoms with van der Waals surface area (Å²) in [7, 11) is 0. The van der Waals surface area contributed by atoms with Crippen molar-refractivity contribution in [3.8, 4) is 0 Å². The van der Waals surface area contributed by atoms with Gasteiger partial charge in [-0.2, -0.15) is 0 Å². The molecule has 0 amide bonds. The second-order valence-corrected chi connectivity index (χ2v) is 4.96. The van der Waals surface area contributed by atoms with Crippen molar-refractivity contribution >= 4 is 35.8 Å². The Morgan fingerprint density at radius 3 is 0.677 bits per heavy atom. The van der Waals surface area contributed by atoms with Crippen LogP contribution < -0.4 is 88.7 Å². The molecule has 0 heterocycles. The molecule has 0 saturated heterocycles. The predicted molar refractivity (Wildman–Crippen MR) is 84.7 cm³/mol. The summed E-state index contributed by atoms with van der Waals surface area (Å²) in [6.07, 6.45) is -4.58. The zero-order chi connectivity index (χ0) is 21.3. The van der Waals surface area contributed by atoms with Crippen LogP contribution in [0.4, 0.5) is 0 Å². The van der Waals surface area contributed by atoms with Gasteiger partial charge in [0.2, 0.25) is 0 Å². The second-order valence-electron chi connectivity index (χ2n) is 4.96. The van der Waals surface area contributed by atoms with E-state index in [9.17, 15) is 28.8 Å². The molecule has 19 heteroatoms. The third-order valence-corrected chi connectivity index (χ3v) is 2.57. The fraction of sp³-hybridized carbons (Fsp3) is 0.500. The first kappa shape index (κ1) is 48.2. The molecule has 0 aromatic rings. The van der Waals surface area contributed by atoms with Crippen LogP contribution in [0.15, 0.2) is 0 Å². The van der Waals surface area contributed by atoms with Gasteiger partial charge < -0.3 is 56.1 Å². The number of aliphatic carboxylic acids is 6. The smallest absolute Gasteiger partial charge is 1.00 e. The van der Waals surface area contributed by atoms with Gasteiger partial charge in [-0.1, -0.05) is 0 Å². The quantitative estimate of drug-likeness (QED) is 0.131. The van der Waals surface area contributed by atoms with E-state index in [1.54, 1.807) is 0 Å². The van der Waals surface area contributed by atoms with Crippen LogP contribution >= 0.6 is 0 Å². The minimum atomic E-state index is -2.74. The van der Waals surface area contributed by atoms with E-state index in [0.29, 0.717) is 0 Å². The van der Waals surface area contributed by atoms with Crippen molar-refractivity contribution in [2.45, 2.75) is 36.9 Å². The summed E-state index contributed by atoms with van der Waals surface area (Å²) in [6.45, 7) is 0. The largest absolute Gasteiger partial charge is 1.00 e. The Balaban J connectivity index is -0.0000000343. The van der Waals surface area contributed by atoms with Crippen molar-refractivity contribution in [1.29, 1.82) is 0 Å². The first-order valence-corrected chi connectivity index (χ1v) is 6.34. The maximum atomic E-state index is 10.3. The molecule has 0 aliphatic heterocycles. The Morgan fingerprint density at radius 2 is 0.613 bits per heavy atom. The van der Waals surface area contributed by atoms with Crippen LogP contribution in [-0.4, -0.2) is 98.8 Å². The maximum Gasteiger partial charge on any atom is 1.00 e. The number of hydrogen-bond acceptors (Lipinski definition) is 8. The zero-order valence-electron chi connectivity index (χ0n) is 19.9. The van der Waals surface area contributed by atoms with Crippen molar-refractivity contribution < 1.29 is 174 Å². The number of carbonyl (C=O) groups is 6. The van der Waals surface area contributed by atoms with Gasteiger partial charge in [0.25, 0.3) is 0 Å². The van der Waals surface area contributed by atoms with Gasteiger partial charge in [-0.05, 0) is 0 Å². The van der Waals surface area contributed by atoms with Gasteiger partial charge in [0.1, 0.15) is 0 Å². The van der Waals surface area contributed by atoms with Gasteiger partial charge in [0.15, 0.2) is 11.2 Å². The molecule has 16 nitrogen and oxygen atoms in total. The van der Waals surface area contributed by atoms with E-state index in [-0.39, 0.29) is 104 Å². The standard InChI is InChI=1S/2C6H8O7.3Na.2H2O.3H/c2*7-3(8)1-6(13,5(11)12)2-4(9)10;;;;;;;;/h2*13H,1-2H2,(H,7,8)(H,9,10)(H,11,12);;;;2*1H2;;;/q;;3*+1;;;3*-1. The van der Waals surface area contributed by atoms with Crippen molar-refractivity contribution in [2.75, 3.05) is 0 Å². The van der Waals surface area contributed by atoms with Gasteiger partial charge in [-0.15, -0.1) is 0 Å². The number of hydrogen-bond donors (Lipinski definition) is 8. The predicted octanol–water partition coefficient (Wildman–Crippen LogP) is -12.8. The summed E-state index contributed by atoms with van der Waals surface area (Å²) in [5.74, 6) is -10.0. The summed E-state index contributed by atoms with van der Waals surface area (Å²) in [4.78, 5) is 61.0. The average molecular weight is 492 g/mol. The van der Waals surface area contributed by atoms with Crippen molar-refractivity contribution in [3.63, 3.8) is 0 Å². The van der Waals surface area contributed by atoms with Crippen LogP contribution in [0.2, 0.25) is 0 Å². The molecular weight excluding hydrogens is 469 g/mol. The van der Waals surface area contributed by atoms with Crippen molar-refractivity contribution in [3.05, 3.63) is 0 Å². The van der Waals surface area contributed by atoms with Crippen LogP contribution in [0.1, 0.15) is 30.0 Å². The number of carboxylic acid groups (broad SMARTS) is 6. The van der Waals surface area contributed by atoms with Crippen LogP contribution in [0.3, 0.4) is 0 Å². The topological polar surface area (TPSA) is 327 Å². The Labute approximate surface area is 244 Å². The molecular formula is C12H23Na3O16. The molecule has 0 unspecified atom stereocenters. The number of aliphatic hydroxyl groups is 2. The van der Waals surface area contributed by atoms with Crippen LogP contribution in [-0.2, 0) is 28.8 Å². The Bertz CT molecular complexity index is 537. The fourth-order valence-corrected chi connectivity index (χ4v) is 1.43. The molecule has 12 N–H and O–H groups in total. The Morgan fingerprint density at radius 1 is 0.484 bits per heavy atom. The van der Waals surface area contributed by atoms with E-state index in [1.165, 1.54) is 0 Å². The molecule has 0 radical (unpaired) electrons. The summed E-state index contributed by atoms with van der Waals surface area (Å²) >= 11 is 0. The van der Waals surface area contributed by atoms with Crippen LogP contribution in [0.25, 0.3) is 0 Å². The molecule has 0 spiro atoms. The van der Waals surface area contributed by atoms with E-state index in [2.05, 4.69) is 0 Å². The molecule has 31 heavy (non-hydrogen) atoms. The van der Waals surface area contributed by atoms with E-state index in [1.807, 2.05) is 0 Å². The molecule has 0 saturated carbocycles. The van der Waals surface area contributed by atoms with E-state index in [4.69, 9.17) is 40.9 Å².